The molecule has 0 aromatic heterocycles. The molecule has 0 bridgehead atoms. The third-order valence-corrected chi connectivity index (χ3v) is 2.41. The van der Waals surface area contributed by atoms with Gasteiger partial charge in [0.15, 0.2) is 0 Å². The van der Waals surface area contributed by atoms with Crippen LogP contribution in [-0.2, 0) is 0 Å². The third kappa shape index (κ3) is 0.734. The van der Waals surface area contributed by atoms with Gasteiger partial charge in [-0.2, -0.15) is 0 Å². The molecule has 32 valence electrons. The molecule has 0 aliphatic carbocycles. The number of hydrogen-bond acceptors (Lipinski definition) is 0. The van der Waals surface area contributed by atoms with Crippen LogP contribution in [0.15, 0.2) is 22.1 Å². The summed E-state index contributed by atoms with van der Waals surface area (Å²) in [5.74, 6) is 0. The van der Waals surface area contributed by atoms with Crippen molar-refractivity contribution in [2.24, 2.45) is 0 Å². The first kappa shape index (κ1) is 4.17. The maximum atomic E-state index is 3.82. The van der Waals surface area contributed by atoms with Gasteiger partial charge < -0.3 is 0 Å². The van der Waals surface area contributed by atoms with E-state index in [0.717, 1.165) is 6.42 Å². The number of allylic oxidation sites excluding steroid dienone is 2. The van der Waals surface area contributed by atoms with E-state index in [2.05, 4.69) is 17.6 Å². The van der Waals surface area contributed by atoms with E-state index in [1.807, 2.05) is 0 Å². The molecule has 0 N–H and O–H groups in total. The van der Waals surface area contributed by atoms with E-state index < -0.39 is 0 Å². The van der Waals surface area contributed by atoms with Crippen molar-refractivity contribution in [3.8, 4) is 0 Å². The molecule has 0 fully saturated rings. The van der Waals surface area contributed by atoms with E-state index in [9.17, 15) is 0 Å². The molecule has 1 heterocycles. The van der Waals surface area contributed by atoms with Gasteiger partial charge in [0, 0.05) is 0 Å². The first-order valence-electron chi connectivity index (χ1n) is 1.89. The zero-order valence-corrected chi connectivity index (χ0v) is 5.19. The van der Waals surface area contributed by atoms with Crippen LogP contribution in [-0.4, -0.2) is 15.0 Å². The average molecular weight is 145 g/mol. The molecule has 0 aromatic rings. The summed E-state index contributed by atoms with van der Waals surface area (Å²) in [6, 6.07) is 0. The van der Waals surface area contributed by atoms with Gasteiger partial charge in [-0.1, -0.05) is 0 Å². The summed E-state index contributed by atoms with van der Waals surface area (Å²) in [6.45, 7) is 3.82. The van der Waals surface area contributed by atoms with E-state index in [-0.39, 0.29) is 0 Å². The van der Waals surface area contributed by atoms with E-state index in [1.54, 1.807) is 0 Å². The van der Waals surface area contributed by atoms with Crippen LogP contribution in [0.2, 0.25) is 0 Å². The van der Waals surface area contributed by atoms with Crippen LogP contribution in [0.5, 0.6) is 0 Å². The first-order chi connectivity index (χ1) is 2.89. The molecular weight excluding hydrogens is 139 g/mol. The molecule has 0 nitrogen and oxygen atoms in total. The normalized spacial score (nSPS) is 19.7. The summed E-state index contributed by atoms with van der Waals surface area (Å²) >= 11 is 0.653. The second-order valence-electron chi connectivity index (χ2n) is 1.23. The molecule has 1 heteroatoms. The Balaban J connectivity index is 2.52. The molecular formula is C5H6Se. The summed E-state index contributed by atoms with van der Waals surface area (Å²) in [5.41, 5.74) is 0. The van der Waals surface area contributed by atoms with E-state index >= 15 is 0 Å². The van der Waals surface area contributed by atoms with Crippen LogP contribution < -0.4 is 0 Å². The van der Waals surface area contributed by atoms with Gasteiger partial charge >= 0.3 is 43.5 Å². The van der Waals surface area contributed by atoms with Crippen LogP contribution >= 0.6 is 0 Å². The first-order valence-corrected chi connectivity index (χ1v) is 3.73. The fourth-order valence-electron chi connectivity index (χ4n) is 0.372. The van der Waals surface area contributed by atoms with E-state index in [1.165, 1.54) is 4.47 Å². The molecule has 0 amide bonds. The molecule has 1 aliphatic rings. The predicted molar refractivity (Wildman–Crippen MR) is 28.7 cm³/mol. The van der Waals surface area contributed by atoms with Gasteiger partial charge in [0.25, 0.3) is 0 Å². The summed E-state index contributed by atoms with van der Waals surface area (Å²) in [7, 11) is 0. The van der Waals surface area contributed by atoms with Gasteiger partial charge in [-0.05, 0) is 0 Å². The fraction of sp³-hybridized carbons (Fsp3) is 0.200. The van der Waals surface area contributed by atoms with Gasteiger partial charge in [0.05, 0.1) is 0 Å². The molecule has 0 saturated heterocycles. The zero-order chi connectivity index (χ0) is 4.41. The molecule has 0 aromatic carbocycles. The Morgan fingerprint density at radius 1 is 1.83 bits per heavy atom. The fourth-order valence-corrected chi connectivity index (χ4v) is 1.58. The van der Waals surface area contributed by atoms with Crippen LogP contribution in [0.4, 0.5) is 0 Å². The van der Waals surface area contributed by atoms with Gasteiger partial charge in [0.1, 0.15) is 0 Å². The second-order valence-corrected chi connectivity index (χ2v) is 3.51. The summed E-state index contributed by atoms with van der Waals surface area (Å²) in [6.07, 6.45) is 3.32. The van der Waals surface area contributed by atoms with Crippen molar-refractivity contribution in [1.82, 2.24) is 0 Å². The van der Waals surface area contributed by atoms with Crippen LogP contribution in [0, 0.1) is 0 Å². The molecule has 0 unspecified atom stereocenters. The quantitative estimate of drug-likeness (QED) is 0.448. The Hall–Kier alpha value is -0.000519. The Bertz CT molecular complexity index is 82.1. The molecule has 0 saturated carbocycles. The van der Waals surface area contributed by atoms with Crippen molar-refractivity contribution >= 4 is 15.0 Å². The molecule has 1 aliphatic heterocycles. The van der Waals surface area contributed by atoms with E-state index in [4.69, 9.17) is 0 Å². The number of hydrogen-bond donors (Lipinski definition) is 0. The molecule has 0 spiro atoms. The van der Waals surface area contributed by atoms with Gasteiger partial charge in [-0.3, -0.25) is 0 Å². The van der Waals surface area contributed by atoms with Crippen molar-refractivity contribution in [3.63, 3.8) is 0 Å². The third-order valence-electron chi connectivity index (χ3n) is 0.676. The van der Waals surface area contributed by atoms with Crippen molar-refractivity contribution in [3.05, 3.63) is 22.1 Å². The Kier molecular flexibility index (Phi) is 1.13. The Morgan fingerprint density at radius 2 is 2.67 bits per heavy atom. The standard InChI is InChI=1S/C5H6Se/c1-5-3-2-4-6-5/h2,4H,1,3H2. The maximum absolute atomic E-state index is 3.82. The van der Waals surface area contributed by atoms with Gasteiger partial charge in [-0.25, -0.2) is 0 Å². The minimum atomic E-state index is 0.653. The van der Waals surface area contributed by atoms with Gasteiger partial charge in [-0.15, -0.1) is 0 Å². The summed E-state index contributed by atoms with van der Waals surface area (Å²) < 4.78 is 1.41. The molecule has 6 heavy (non-hydrogen) atoms. The molecule has 1 rings (SSSR count). The summed E-state index contributed by atoms with van der Waals surface area (Å²) in [5, 5.41) is 0. The topological polar surface area (TPSA) is 0 Å². The predicted octanol–water partition coefficient (Wildman–Crippen LogP) is 1.12. The zero-order valence-electron chi connectivity index (χ0n) is 3.48. The summed E-state index contributed by atoms with van der Waals surface area (Å²) in [4.78, 5) is 2.22. The monoisotopic (exact) mass is 146 g/mol. The van der Waals surface area contributed by atoms with Gasteiger partial charge in [0.2, 0.25) is 0 Å². The average Bonchev–Trinajstić information content (AvgIpc) is 1.86. The van der Waals surface area contributed by atoms with E-state index in [0.29, 0.717) is 15.0 Å². The number of rotatable bonds is 0. The van der Waals surface area contributed by atoms with Crippen molar-refractivity contribution in [1.29, 1.82) is 0 Å². The van der Waals surface area contributed by atoms with Crippen LogP contribution in [0.3, 0.4) is 0 Å². The second kappa shape index (κ2) is 1.63. The van der Waals surface area contributed by atoms with Crippen molar-refractivity contribution in [2.75, 3.05) is 0 Å². The van der Waals surface area contributed by atoms with Crippen LogP contribution in [0.1, 0.15) is 6.42 Å². The SMILES string of the molecule is C=C1CC=C[Se]1. The molecule has 0 radical (unpaired) electrons. The minimum absolute atomic E-state index is 0.653. The Morgan fingerprint density at radius 3 is 2.83 bits per heavy atom. The van der Waals surface area contributed by atoms with Crippen LogP contribution in [0.25, 0.3) is 0 Å². The van der Waals surface area contributed by atoms with Crippen molar-refractivity contribution in [2.45, 2.75) is 6.42 Å². The Labute approximate surface area is 44.1 Å². The van der Waals surface area contributed by atoms with Crippen molar-refractivity contribution < 1.29 is 0 Å². The molecule has 0 atom stereocenters.